The van der Waals surface area contributed by atoms with Crippen LogP contribution in [0.15, 0.2) is 72.8 Å². The van der Waals surface area contributed by atoms with E-state index >= 15 is 0 Å². The normalized spacial score (nSPS) is 21.7. The molecule has 32 heavy (non-hydrogen) atoms. The predicted octanol–water partition coefficient (Wildman–Crippen LogP) is 4.23. The Morgan fingerprint density at radius 1 is 0.812 bits per heavy atom. The fraction of sp³-hybridized carbons (Fsp3) is 0.259. The zero-order chi connectivity index (χ0) is 22.3. The summed E-state index contributed by atoms with van der Waals surface area (Å²) in [5.74, 6) is -1.08. The van der Waals surface area contributed by atoms with Crippen LogP contribution in [0.5, 0.6) is 0 Å². The van der Waals surface area contributed by atoms with Crippen molar-refractivity contribution in [2.45, 2.75) is 19.0 Å². The van der Waals surface area contributed by atoms with Crippen molar-refractivity contribution in [3.05, 3.63) is 106 Å². The summed E-state index contributed by atoms with van der Waals surface area (Å²) in [6.07, 6.45) is 0. The highest BCUT2D eigenvalue weighted by atomic mass is 19.1. The van der Waals surface area contributed by atoms with Crippen molar-refractivity contribution in [3.8, 4) is 0 Å². The van der Waals surface area contributed by atoms with E-state index in [9.17, 15) is 14.0 Å². The standard InChI is InChI=1S/C27H25FN2O2/c1-19-7-5-6-8-20(19)18-29-13-15-30(16-14-29)27(21-9-3-2-4-10-21)25(31)23-12-11-22(28)17-24(23)26(27)32/h2-12,17H,13-16,18H2,1H3. The minimum Gasteiger partial charge on any atom is -0.297 e. The van der Waals surface area contributed by atoms with Gasteiger partial charge in [0.2, 0.25) is 0 Å². The van der Waals surface area contributed by atoms with E-state index in [1.165, 1.54) is 29.3 Å². The quantitative estimate of drug-likeness (QED) is 0.584. The van der Waals surface area contributed by atoms with Gasteiger partial charge in [-0.15, -0.1) is 0 Å². The molecule has 1 saturated heterocycles. The Bertz CT molecular complexity index is 1190. The summed E-state index contributed by atoms with van der Waals surface area (Å²) >= 11 is 0. The van der Waals surface area contributed by atoms with Crippen molar-refractivity contribution >= 4 is 11.6 Å². The number of Topliss-reactive ketones (excluding diaryl/α,β-unsaturated/α-hetero) is 2. The van der Waals surface area contributed by atoms with Gasteiger partial charge in [-0.2, -0.15) is 0 Å². The highest BCUT2D eigenvalue weighted by Crippen LogP contribution is 2.43. The number of hydrogen-bond donors (Lipinski definition) is 0. The van der Waals surface area contributed by atoms with Gasteiger partial charge in [-0.05, 0) is 41.8 Å². The van der Waals surface area contributed by atoms with E-state index in [0.29, 0.717) is 24.2 Å². The third-order valence-corrected chi connectivity index (χ3v) is 6.82. The fourth-order valence-electron chi connectivity index (χ4n) is 5.08. The molecule has 1 aliphatic heterocycles. The van der Waals surface area contributed by atoms with E-state index in [4.69, 9.17) is 0 Å². The molecule has 4 nitrogen and oxygen atoms in total. The molecule has 0 saturated carbocycles. The van der Waals surface area contributed by atoms with Crippen LogP contribution in [0, 0.1) is 12.7 Å². The zero-order valence-electron chi connectivity index (χ0n) is 18.1. The summed E-state index contributed by atoms with van der Waals surface area (Å²) < 4.78 is 14.0. The summed E-state index contributed by atoms with van der Waals surface area (Å²) in [6, 6.07) is 21.5. The first-order valence-electron chi connectivity index (χ1n) is 11.0. The minimum atomic E-state index is -1.42. The molecule has 5 rings (SSSR count). The molecule has 1 heterocycles. The predicted molar refractivity (Wildman–Crippen MR) is 121 cm³/mol. The van der Waals surface area contributed by atoms with Gasteiger partial charge >= 0.3 is 0 Å². The van der Waals surface area contributed by atoms with E-state index in [-0.39, 0.29) is 17.1 Å². The van der Waals surface area contributed by atoms with Gasteiger partial charge in [0.25, 0.3) is 0 Å². The molecule has 5 heteroatoms. The molecular formula is C27H25FN2O2. The van der Waals surface area contributed by atoms with Crippen molar-refractivity contribution in [3.63, 3.8) is 0 Å². The molecule has 1 unspecified atom stereocenters. The van der Waals surface area contributed by atoms with Crippen LogP contribution in [0.3, 0.4) is 0 Å². The van der Waals surface area contributed by atoms with Gasteiger partial charge in [-0.3, -0.25) is 19.4 Å². The Hall–Kier alpha value is -3.15. The van der Waals surface area contributed by atoms with E-state index < -0.39 is 11.4 Å². The number of hydrogen-bond acceptors (Lipinski definition) is 4. The van der Waals surface area contributed by atoms with E-state index in [2.05, 4.69) is 30.0 Å². The monoisotopic (exact) mass is 428 g/mol. The Balaban J connectivity index is 1.47. The molecule has 0 amide bonds. The maximum absolute atomic E-state index is 14.0. The van der Waals surface area contributed by atoms with Crippen LogP contribution in [0.25, 0.3) is 0 Å². The van der Waals surface area contributed by atoms with Gasteiger partial charge in [0.05, 0.1) is 0 Å². The zero-order valence-corrected chi connectivity index (χ0v) is 18.1. The first kappa shape index (κ1) is 20.7. The Morgan fingerprint density at radius 2 is 1.47 bits per heavy atom. The van der Waals surface area contributed by atoms with Crippen LogP contribution in [-0.2, 0) is 12.1 Å². The van der Waals surface area contributed by atoms with E-state index in [1.54, 1.807) is 0 Å². The number of fused-ring (bicyclic) bond motifs is 1. The van der Waals surface area contributed by atoms with Gasteiger partial charge < -0.3 is 0 Å². The third kappa shape index (κ3) is 3.20. The summed E-state index contributed by atoms with van der Waals surface area (Å²) in [5.41, 5.74) is 2.26. The van der Waals surface area contributed by atoms with Crippen molar-refractivity contribution in [2.24, 2.45) is 0 Å². The fourth-order valence-corrected chi connectivity index (χ4v) is 5.08. The molecule has 3 aromatic carbocycles. The lowest BCUT2D eigenvalue weighted by atomic mass is 9.82. The lowest BCUT2D eigenvalue weighted by molar-refractivity contribution is 0.0279. The average Bonchev–Trinajstić information content (AvgIpc) is 3.03. The highest BCUT2D eigenvalue weighted by molar-refractivity contribution is 6.32. The molecule has 1 aliphatic carbocycles. The number of rotatable bonds is 4. The van der Waals surface area contributed by atoms with Crippen LogP contribution in [0.2, 0.25) is 0 Å². The smallest absolute Gasteiger partial charge is 0.196 e. The van der Waals surface area contributed by atoms with Crippen molar-refractivity contribution < 1.29 is 14.0 Å². The summed E-state index contributed by atoms with van der Waals surface area (Å²) in [6.45, 7) is 5.60. The number of nitrogens with zero attached hydrogens (tertiary/aromatic N) is 2. The first-order valence-corrected chi connectivity index (χ1v) is 11.0. The molecule has 0 radical (unpaired) electrons. The van der Waals surface area contributed by atoms with Gasteiger partial charge in [0, 0.05) is 43.9 Å². The minimum absolute atomic E-state index is 0.182. The van der Waals surface area contributed by atoms with Crippen molar-refractivity contribution in [2.75, 3.05) is 26.2 Å². The van der Waals surface area contributed by atoms with Crippen LogP contribution in [-0.4, -0.2) is 47.5 Å². The number of carbonyl (C=O) groups excluding carboxylic acids is 2. The highest BCUT2D eigenvalue weighted by Gasteiger charge is 2.58. The third-order valence-electron chi connectivity index (χ3n) is 6.82. The number of ketones is 2. The van der Waals surface area contributed by atoms with Gasteiger partial charge in [0.1, 0.15) is 5.82 Å². The summed E-state index contributed by atoms with van der Waals surface area (Å²) in [5, 5.41) is 0. The van der Waals surface area contributed by atoms with E-state index in [0.717, 1.165) is 19.6 Å². The van der Waals surface area contributed by atoms with Crippen LogP contribution in [0.1, 0.15) is 37.4 Å². The van der Waals surface area contributed by atoms with Gasteiger partial charge in [-0.25, -0.2) is 4.39 Å². The number of carbonyl (C=O) groups is 2. The maximum atomic E-state index is 14.0. The van der Waals surface area contributed by atoms with Crippen molar-refractivity contribution in [1.29, 1.82) is 0 Å². The molecule has 3 aromatic rings. The molecule has 0 aromatic heterocycles. The van der Waals surface area contributed by atoms with Crippen molar-refractivity contribution in [1.82, 2.24) is 9.80 Å². The Morgan fingerprint density at radius 3 is 2.19 bits per heavy atom. The molecular weight excluding hydrogens is 403 g/mol. The van der Waals surface area contributed by atoms with Crippen LogP contribution >= 0.6 is 0 Å². The molecule has 1 atom stereocenters. The van der Waals surface area contributed by atoms with Crippen LogP contribution < -0.4 is 0 Å². The second-order valence-corrected chi connectivity index (χ2v) is 8.61. The molecule has 0 N–H and O–H groups in total. The summed E-state index contributed by atoms with van der Waals surface area (Å²) in [4.78, 5) is 31.9. The topological polar surface area (TPSA) is 40.6 Å². The second-order valence-electron chi connectivity index (χ2n) is 8.61. The molecule has 2 aliphatic rings. The molecule has 1 fully saturated rings. The number of aryl methyl sites for hydroxylation is 1. The molecule has 0 bridgehead atoms. The average molecular weight is 429 g/mol. The Kier molecular flexibility index (Phi) is 5.24. The maximum Gasteiger partial charge on any atom is 0.196 e. The largest absolute Gasteiger partial charge is 0.297 e. The Labute approximate surface area is 187 Å². The van der Waals surface area contributed by atoms with Gasteiger partial charge in [0.15, 0.2) is 17.1 Å². The summed E-state index contributed by atoms with van der Waals surface area (Å²) in [7, 11) is 0. The van der Waals surface area contributed by atoms with Crippen LogP contribution in [0.4, 0.5) is 4.39 Å². The van der Waals surface area contributed by atoms with Gasteiger partial charge in [-0.1, -0.05) is 54.6 Å². The number of benzene rings is 3. The second kappa shape index (κ2) is 8.08. The number of piperazine rings is 1. The lowest BCUT2D eigenvalue weighted by Gasteiger charge is -2.44. The first-order chi connectivity index (χ1) is 15.5. The lowest BCUT2D eigenvalue weighted by Crippen LogP contribution is -2.60. The van der Waals surface area contributed by atoms with E-state index in [1.807, 2.05) is 41.3 Å². The SMILES string of the molecule is Cc1ccccc1CN1CCN(C2(c3ccccc3)C(=O)c3ccc(F)cc3C2=O)CC1. The number of halogens is 1. The molecule has 0 spiro atoms. The molecule has 162 valence electrons.